The summed E-state index contributed by atoms with van der Waals surface area (Å²) in [7, 11) is -4.48. The number of hydrogen-bond donors (Lipinski definition) is 1. The van der Waals surface area contributed by atoms with E-state index in [4.69, 9.17) is 0 Å². The predicted octanol–water partition coefficient (Wildman–Crippen LogP) is 2.98. The highest BCUT2D eigenvalue weighted by Gasteiger charge is 2.27. The Morgan fingerprint density at radius 1 is 0.875 bits per heavy atom. The number of aryl methyl sites for hydroxylation is 2. The van der Waals surface area contributed by atoms with Crippen LogP contribution in [0.2, 0.25) is 0 Å². The molecule has 1 amide bonds. The van der Waals surface area contributed by atoms with Crippen molar-refractivity contribution in [2.75, 3.05) is 32.5 Å². The van der Waals surface area contributed by atoms with E-state index in [1.54, 1.807) is 26.0 Å². The first-order chi connectivity index (χ1) is 14.9. The van der Waals surface area contributed by atoms with Crippen LogP contribution in [0.3, 0.4) is 0 Å². The summed E-state index contributed by atoms with van der Waals surface area (Å²) in [6, 6.07) is 9.04. The predicted molar refractivity (Wildman–Crippen MR) is 124 cm³/mol. The number of benzene rings is 2. The SMILES string of the molecule is Cc1ccc(S(=O)(=O)N(C)C)cc1NC(=O)c1cc(S(=O)(=O)N2CCCCC2)ccc1C. The van der Waals surface area contributed by atoms with E-state index >= 15 is 0 Å². The molecule has 1 heterocycles. The maximum absolute atomic E-state index is 13.1. The van der Waals surface area contributed by atoms with E-state index < -0.39 is 26.0 Å². The molecule has 0 spiro atoms. The fourth-order valence-electron chi connectivity index (χ4n) is 3.56. The van der Waals surface area contributed by atoms with Crippen LogP contribution in [0.5, 0.6) is 0 Å². The van der Waals surface area contributed by atoms with E-state index in [0.717, 1.165) is 23.6 Å². The highest BCUT2D eigenvalue weighted by Crippen LogP contribution is 2.25. The smallest absolute Gasteiger partial charge is 0.255 e. The largest absolute Gasteiger partial charge is 0.322 e. The summed E-state index contributed by atoms with van der Waals surface area (Å²) in [5.74, 6) is -0.499. The van der Waals surface area contributed by atoms with Gasteiger partial charge >= 0.3 is 0 Å². The quantitative estimate of drug-likeness (QED) is 0.686. The van der Waals surface area contributed by atoms with Crippen molar-refractivity contribution in [1.29, 1.82) is 0 Å². The van der Waals surface area contributed by atoms with Gasteiger partial charge in [-0.05, 0) is 62.1 Å². The lowest BCUT2D eigenvalue weighted by Gasteiger charge is -2.26. The Balaban J connectivity index is 1.93. The third-order valence-corrected chi connectivity index (χ3v) is 9.35. The molecule has 0 aliphatic carbocycles. The van der Waals surface area contributed by atoms with Crippen molar-refractivity contribution in [2.24, 2.45) is 0 Å². The molecule has 10 heteroatoms. The number of amides is 1. The molecule has 8 nitrogen and oxygen atoms in total. The first-order valence-electron chi connectivity index (χ1n) is 10.4. The summed E-state index contributed by atoms with van der Waals surface area (Å²) in [5, 5.41) is 2.75. The van der Waals surface area contributed by atoms with Crippen LogP contribution in [-0.4, -0.2) is 58.5 Å². The number of carbonyl (C=O) groups excluding carboxylic acids is 1. The maximum atomic E-state index is 13.1. The van der Waals surface area contributed by atoms with Crippen LogP contribution in [0.25, 0.3) is 0 Å². The van der Waals surface area contributed by atoms with E-state index in [9.17, 15) is 21.6 Å². The number of sulfonamides is 2. The minimum absolute atomic E-state index is 0.0570. The minimum Gasteiger partial charge on any atom is -0.322 e. The van der Waals surface area contributed by atoms with Gasteiger partial charge in [0.25, 0.3) is 5.91 Å². The van der Waals surface area contributed by atoms with E-state index in [0.29, 0.717) is 29.9 Å². The Morgan fingerprint density at radius 2 is 1.47 bits per heavy atom. The maximum Gasteiger partial charge on any atom is 0.255 e. The molecule has 0 atom stereocenters. The van der Waals surface area contributed by atoms with Crippen LogP contribution in [0.15, 0.2) is 46.2 Å². The van der Waals surface area contributed by atoms with Crippen molar-refractivity contribution in [3.05, 3.63) is 53.1 Å². The molecule has 32 heavy (non-hydrogen) atoms. The molecule has 1 fully saturated rings. The third-order valence-electron chi connectivity index (χ3n) is 5.64. The average molecular weight is 480 g/mol. The minimum atomic E-state index is -3.68. The second-order valence-corrected chi connectivity index (χ2v) is 12.2. The van der Waals surface area contributed by atoms with Gasteiger partial charge in [-0.1, -0.05) is 18.6 Å². The lowest BCUT2D eigenvalue weighted by Crippen LogP contribution is -2.35. The molecule has 0 bridgehead atoms. The Morgan fingerprint density at radius 3 is 2.09 bits per heavy atom. The standard InChI is InChI=1S/C22H29N3O5S2/c1-16-8-10-18(32(29,30)25-12-6-5-7-13-25)14-20(16)22(26)23-21-15-19(11-9-17(21)2)31(27,28)24(3)4/h8-11,14-15H,5-7,12-13H2,1-4H3,(H,23,26). The van der Waals surface area contributed by atoms with Crippen LogP contribution in [0.1, 0.15) is 40.7 Å². The molecule has 3 rings (SSSR count). The van der Waals surface area contributed by atoms with E-state index in [1.807, 2.05) is 0 Å². The highest BCUT2D eigenvalue weighted by atomic mass is 32.2. The average Bonchev–Trinajstić information content (AvgIpc) is 2.75. The van der Waals surface area contributed by atoms with Crippen molar-refractivity contribution >= 4 is 31.6 Å². The van der Waals surface area contributed by atoms with Crippen molar-refractivity contribution in [3.8, 4) is 0 Å². The summed E-state index contributed by atoms with van der Waals surface area (Å²) in [4.78, 5) is 13.2. The molecular weight excluding hydrogens is 450 g/mol. The van der Waals surface area contributed by atoms with Crippen molar-refractivity contribution in [1.82, 2.24) is 8.61 Å². The lowest BCUT2D eigenvalue weighted by molar-refractivity contribution is 0.102. The van der Waals surface area contributed by atoms with Crippen molar-refractivity contribution in [3.63, 3.8) is 0 Å². The molecule has 0 unspecified atom stereocenters. The fraction of sp³-hybridized carbons (Fsp3) is 0.409. The molecule has 0 radical (unpaired) electrons. The summed E-state index contributed by atoms with van der Waals surface area (Å²) in [6.45, 7) is 4.44. The molecule has 1 N–H and O–H groups in total. The van der Waals surface area contributed by atoms with Crippen molar-refractivity contribution < 1.29 is 21.6 Å². The topological polar surface area (TPSA) is 104 Å². The number of rotatable bonds is 6. The van der Waals surface area contributed by atoms with E-state index in [-0.39, 0.29) is 15.4 Å². The second-order valence-electron chi connectivity index (χ2n) is 8.16. The number of anilines is 1. The lowest BCUT2D eigenvalue weighted by atomic mass is 10.1. The molecule has 2 aromatic carbocycles. The van der Waals surface area contributed by atoms with Gasteiger partial charge in [-0.25, -0.2) is 21.1 Å². The Kier molecular flexibility index (Phi) is 7.09. The molecule has 1 aliphatic heterocycles. The summed E-state index contributed by atoms with van der Waals surface area (Å²) >= 11 is 0. The normalized spacial score (nSPS) is 15.7. The zero-order chi connectivity index (χ0) is 23.7. The van der Waals surface area contributed by atoms with Gasteiger partial charge in [-0.15, -0.1) is 0 Å². The van der Waals surface area contributed by atoms with Gasteiger partial charge in [-0.3, -0.25) is 4.79 Å². The molecular formula is C22H29N3O5S2. The number of hydrogen-bond acceptors (Lipinski definition) is 5. The van der Waals surface area contributed by atoms with Crippen LogP contribution < -0.4 is 5.32 Å². The monoisotopic (exact) mass is 479 g/mol. The summed E-state index contributed by atoms with van der Waals surface area (Å²) < 4.78 is 53.5. The zero-order valence-electron chi connectivity index (χ0n) is 18.8. The Hall–Kier alpha value is -2.27. The first-order valence-corrected chi connectivity index (χ1v) is 13.3. The van der Waals surface area contributed by atoms with Crippen molar-refractivity contribution in [2.45, 2.75) is 42.9 Å². The zero-order valence-corrected chi connectivity index (χ0v) is 20.4. The molecule has 1 saturated heterocycles. The number of nitrogens with zero attached hydrogens (tertiary/aromatic N) is 2. The van der Waals surface area contributed by atoms with Gasteiger partial charge in [0.05, 0.1) is 9.79 Å². The van der Waals surface area contributed by atoms with Gasteiger partial charge in [-0.2, -0.15) is 4.31 Å². The fourth-order valence-corrected chi connectivity index (χ4v) is 6.03. The van der Waals surface area contributed by atoms with Crippen LogP contribution >= 0.6 is 0 Å². The van der Waals surface area contributed by atoms with Crippen LogP contribution in [0, 0.1) is 13.8 Å². The van der Waals surface area contributed by atoms with Gasteiger partial charge in [0.1, 0.15) is 0 Å². The number of nitrogens with one attached hydrogen (secondary N) is 1. The molecule has 2 aromatic rings. The Labute approximate surface area is 190 Å². The molecule has 0 saturated carbocycles. The van der Waals surface area contributed by atoms with Gasteiger partial charge in [0.15, 0.2) is 0 Å². The van der Waals surface area contributed by atoms with Crippen LogP contribution in [0.4, 0.5) is 5.69 Å². The molecule has 0 aromatic heterocycles. The second kappa shape index (κ2) is 9.30. The molecule has 174 valence electrons. The first kappa shape index (κ1) is 24.4. The third kappa shape index (κ3) is 4.88. The summed E-state index contributed by atoms with van der Waals surface area (Å²) in [6.07, 6.45) is 2.66. The summed E-state index contributed by atoms with van der Waals surface area (Å²) in [5.41, 5.74) is 1.88. The highest BCUT2D eigenvalue weighted by molar-refractivity contribution is 7.89. The number of piperidine rings is 1. The molecule has 1 aliphatic rings. The van der Waals surface area contributed by atoms with E-state index in [2.05, 4.69) is 5.32 Å². The van der Waals surface area contributed by atoms with E-state index in [1.165, 1.54) is 42.7 Å². The van der Waals surface area contributed by atoms with Gasteiger partial charge in [0, 0.05) is 38.4 Å². The van der Waals surface area contributed by atoms with Crippen LogP contribution in [-0.2, 0) is 20.0 Å². The van der Waals surface area contributed by atoms with Gasteiger partial charge < -0.3 is 5.32 Å². The van der Waals surface area contributed by atoms with Gasteiger partial charge in [0.2, 0.25) is 20.0 Å². The number of carbonyl (C=O) groups is 1. The Bertz CT molecular complexity index is 1230.